The van der Waals surface area contributed by atoms with Gasteiger partial charge in [-0.2, -0.15) is 0 Å². The predicted octanol–water partition coefficient (Wildman–Crippen LogP) is 2.88. The first-order valence-corrected chi connectivity index (χ1v) is 5.08. The zero-order valence-corrected chi connectivity index (χ0v) is 9.08. The zero-order valence-electron chi connectivity index (χ0n) is 8.32. The number of halogens is 2. The summed E-state index contributed by atoms with van der Waals surface area (Å²) < 4.78 is 13.2. The highest BCUT2D eigenvalue weighted by Crippen LogP contribution is 2.11. The second-order valence-corrected chi connectivity index (χ2v) is 3.56. The Balaban J connectivity index is 2.02. The molecule has 0 fully saturated rings. The largest absolute Gasteiger partial charge is 0.364 e. The summed E-state index contributed by atoms with van der Waals surface area (Å²) in [4.78, 5) is 7.80. The normalized spacial score (nSPS) is 10.1. The molecule has 2 heterocycles. The van der Waals surface area contributed by atoms with Crippen LogP contribution in [0.3, 0.4) is 0 Å². The molecule has 1 N–H and O–H groups in total. The molecule has 2 aromatic rings. The first-order chi connectivity index (χ1) is 7.75. The number of hydrogen-bond acceptors (Lipinski definition) is 3. The predicted molar refractivity (Wildman–Crippen MR) is 60.8 cm³/mol. The molecular weight excluding hydrogens is 229 g/mol. The second kappa shape index (κ2) is 4.90. The van der Waals surface area contributed by atoms with Crippen molar-refractivity contribution in [1.29, 1.82) is 0 Å². The molecule has 2 rings (SSSR count). The van der Waals surface area contributed by atoms with Crippen LogP contribution in [0.25, 0.3) is 0 Å². The van der Waals surface area contributed by atoms with Crippen molar-refractivity contribution < 1.29 is 4.39 Å². The Bertz CT molecular complexity index is 473. The Hall–Kier alpha value is -1.68. The SMILES string of the molecule is Fc1cccnc1NCc1ccc(Cl)nc1. The quantitative estimate of drug-likeness (QED) is 0.835. The number of rotatable bonds is 3. The smallest absolute Gasteiger partial charge is 0.165 e. The van der Waals surface area contributed by atoms with Crippen LogP contribution < -0.4 is 5.32 Å². The number of anilines is 1. The maximum Gasteiger partial charge on any atom is 0.165 e. The van der Waals surface area contributed by atoms with Crippen LogP contribution >= 0.6 is 11.6 Å². The molecule has 0 saturated carbocycles. The summed E-state index contributed by atoms with van der Waals surface area (Å²) in [6.07, 6.45) is 3.17. The summed E-state index contributed by atoms with van der Waals surface area (Å²) in [7, 11) is 0. The van der Waals surface area contributed by atoms with Crippen molar-refractivity contribution in [2.45, 2.75) is 6.54 Å². The molecule has 16 heavy (non-hydrogen) atoms. The van der Waals surface area contributed by atoms with E-state index in [1.165, 1.54) is 12.3 Å². The van der Waals surface area contributed by atoms with Crippen LogP contribution in [0, 0.1) is 5.82 Å². The Morgan fingerprint density at radius 3 is 2.81 bits per heavy atom. The number of pyridine rings is 2. The lowest BCUT2D eigenvalue weighted by Crippen LogP contribution is -2.03. The fraction of sp³-hybridized carbons (Fsp3) is 0.0909. The maximum atomic E-state index is 13.2. The van der Waals surface area contributed by atoms with E-state index in [0.29, 0.717) is 11.7 Å². The average molecular weight is 238 g/mol. The van der Waals surface area contributed by atoms with Crippen molar-refractivity contribution in [2.75, 3.05) is 5.32 Å². The molecule has 82 valence electrons. The molecule has 0 aliphatic rings. The molecule has 5 heteroatoms. The van der Waals surface area contributed by atoms with Crippen molar-refractivity contribution in [3.05, 3.63) is 53.2 Å². The fourth-order valence-corrected chi connectivity index (χ4v) is 1.32. The average Bonchev–Trinajstić information content (AvgIpc) is 2.30. The number of aromatic nitrogens is 2. The minimum absolute atomic E-state index is 0.234. The Labute approximate surface area is 97.3 Å². The van der Waals surface area contributed by atoms with Gasteiger partial charge in [0.15, 0.2) is 11.6 Å². The molecular formula is C11H9ClFN3. The number of nitrogens with one attached hydrogen (secondary N) is 1. The van der Waals surface area contributed by atoms with E-state index in [-0.39, 0.29) is 11.6 Å². The molecule has 0 amide bonds. The summed E-state index contributed by atoms with van der Waals surface area (Å²) in [6.45, 7) is 0.456. The first kappa shape index (κ1) is 10.8. The molecule has 0 radical (unpaired) electrons. The third-order valence-electron chi connectivity index (χ3n) is 2.01. The van der Waals surface area contributed by atoms with Crippen LogP contribution in [0.5, 0.6) is 0 Å². The van der Waals surface area contributed by atoms with Crippen LogP contribution in [0.4, 0.5) is 10.2 Å². The van der Waals surface area contributed by atoms with E-state index in [1.54, 1.807) is 18.3 Å². The van der Waals surface area contributed by atoms with Gasteiger partial charge in [-0.1, -0.05) is 17.7 Å². The maximum absolute atomic E-state index is 13.2. The van der Waals surface area contributed by atoms with Gasteiger partial charge >= 0.3 is 0 Å². The summed E-state index contributed by atoms with van der Waals surface area (Å²) in [5.74, 6) is -0.137. The van der Waals surface area contributed by atoms with Gasteiger partial charge in [0, 0.05) is 18.9 Å². The van der Waals surface area contributed by atoms with E-state index in [4.69, 9.17) is 11.6 Å². The van der Waals surface area contributed by atoms with Crippen molar-refractivity contribution in [1.82, 2.24) is 9.97 Å². The van der Waals surface area contributed by atoms with E-state index >= 15 is 0 Å². The van der Waals surface area contributed by atoms with Crippen LogP contribution in [0.15, 0.2) is 36.7 Å². The molecule has 0 bridgehead atoms. The molecule has 0 aliphatic heterocycles. The van der Waals surface area contributed by atoms with Crippen LogP contribution in [0.1, 0.15) is 5.56 Å². The minimum Gasteiger partial charge on any atom is -0.364 e. The van der Waals surface area contributed by atoms with Crippen LogP contribution in [-0.2, 0) is 6.54 Å². The van der Waals surface area contributed by atoms with Gasteiger partial charge in [-0.05, 0) is 23.8 Å². The molecule has 0 aromatic carbocycles. The highest BCUT2D eigenvalue weighted by Gasteiger charge is 2.01. The van der Waals surface area contributed by atoms with Gasteiger partial charge in [-0.25, -0.2) is 14.4 Å². The lowest BCUT2D eigenvalue weighted by molar-refractivity contribution is 0.624. The van der Waals surface area contributed by atoms with Gasteiger partial charge in [0.25, 0.3) is 0 Å². The highest BCUT2D eigenvalue weighted by molar-refractivity contribution is 6.29. The van der Waals surface area contributed by atoms with Gasteiger partial charge in [-0.3, -0.25) is 0 Å². The molecule has 0 atom stereocenters. The van der Waals surface area contributed by atoms with E-state index in [2.05, 4.69) is 15.3 Å². The molecule has 0 saturated heterocycles. The Morgan fingerprint density at radius 2 is 2.12 bits per heavy atom. The third kappa shape index (κ3) is 2.67. The van der Waals surface area contributed by atoms with Gasteiger partial charge in [-0.15, -0.1) is 0 Å². The lowest BCUT2D eigenvalue weighted by Gasteiger charge is -2.05. The number of nitrogens with zero attached hydrogens (tertiary/aromatic N) is 2. The molecule has 0 aliphatic carbocycles. The number of hydrogen-bond donors (Lipinski definition) is 1. The standard InChI is InChI=1S/C11H9ClFN3/c12-10-4-3-8(6-15-10)7-16-11-9(13)2-1-5-14-11/h1-6H,7H2,(H,14,16). The molecule has 2 aromatic heterocycles. The topological polar surface area (TPSA) is 37.8 Å². The van der Waals surface area contributed by atoms with E-state index in [9.17, 15) is 4.39 Å². The van der Waals surface area contributed by atoms with Gasteiger partial charge < -0.3 is 5.32 Å². The molecule has 0 spiro atoms. The van der Waals surface area contributed by atoms with Gasteiger partial charge in [0.1, 0.15) is 5.15 Å². The van der Waals surface area contributed by atoms with Crippen molar-refractivity contribution in [2.24, 2.45) is 0 Å². The summed E-state index contributed by atoms with van der Waals surface area (Å²) in [6, 6.07) is 6.41. The molecule has 3 nitrogen and oxygen atoms in total. The van der Waals surface area contributed by atoms with Crippen molar-refractivity contribution in [3.63, 3.8) is 0 Å². The van der Waals surface area contributed by atoms with E-state index < -0.39 is 0 Å². The monoisotopic (exact) mass is 237 g/mol. The third-order valence-corrected chi connectivity index (χ3v) is 2.23. The second-order valence-electron chi connectivity index (χ2n) is 3.18. The molecule has 0 unspecified atom stereocenters. The van der Waals surface area contributed by atoms with Gasteiger partial charge in [0.2, 0.25) is 0 Å². The van der Waals surface area contributed by atoms with Crippen LogP contribution in [-0.4, -0.2) is 9.97 Å². The minimum atomic E-state index is -0.371. The van der Waals surface area contributed by atoms with Crippen molar-refractivity contribution in [3.8, 4) is 0 Å². The lowest BCUT2D eigenvalue weighted by atomic mass is 10.3. The Morgan fingerprint density at radius 1 is 1.25 bits per heavy atom. The summed E-state index contributed by atoms with van der Waals surface area (Å²) in [5.41, 5.74) is 0.912. The van der Waals surface area contributed by atoms with Crippen LogP contribution in [0.2, 0.25) is 5.15 Å². The van der Waals surface area contributed by atoms with E-state index in [1.807, 2.05) is 6.07 Å². The first-order valence-electron chi connectivity index (χ1n) is 4.70. The van der Waals surface area contributed by atoms with Crippen molar-refractivity contribution >= 4 is 17.4 Å². The fourth-order valence-electron chi connectivity index (χ4n) is 1.21. The van der Waals surface area contributed by atoms with E-state index in [0.717, 1.165) is 5.56 Å². The highest BCUT2D eigenvalue weighted by atomic mass is 35.5. The zero-order chi connectivity index (χ0) is 11.4. The Kier molecular flexibility index (Phi) is 3.31. The van der Waals surface area contributed by atoms with Gasteiger partial charge in [0.05, 0.1) is 0 Å². The summed E-state index contributed by atoms with van der Waals surface area (Å²) in [5, 5.41) is 3.32. The summed E-state index contributed by atoms with van der Waals surface area (Å²) >= 11 is 5.65.